The van der Waals surface area contributed by atoms with Gasteiger partial charge in [0, 0.05) is 5.69 Å². The molecule has 0 bridgehead atoms. The number of halogens is 4. The van der Waals surface area contributed by atoms with Crippen molar-refractivity contribution in [2.45, 2.75) is 6.18 Å². The van der Waals surface area contributed by atoms with Crippen LogP contribution in [-0.4, -0.2) is 0 Å². The van der Waals surface area contributed by atoms with Crippen LogP contribution in [0.3, 0.4) is 0 Å². The second kappa shape index (κ2) is 4.33. The van der Waals surface area contributed by atoms with Crippen molar-refractivity contribution < 1.29 is 17.6 Å². The van der Waals surface area contributed by atoms with E-state index in [4.69, 9.17) is 5.73 Å². The minimum absolute atomic E-state index is 0.169. The molecule has 0 fully saturated rings. The first kappa shape index (κ1) is 12.4. The fourth-order valence-corrected chi connectivity index (χ4v) is 1.65. The van der Waals surface area contributed by atoms with Gasteiger partial charge in [-0.3, -0.25) is 0 Å². The zero-order valence-electron chi connectivity index (χ0n) is 9.13. The summed E-state index contributed by atoms with van der Waals surface area (Å²) < 4.78 is 50.8. The average molecular weight is 255 g/mol. The molecule has 1 nitrogen and oxygen atoms in total. The Bertz CT molecular complexity index is 555. The Kier molecular flexibility index (Phi) is 2.98. The van der Waals surface area contributed by atoms with Crippen LogP contribution in [0.2, 0.25) is 0 Å². The van der Waals surface area contributed by atoms with Crippen LogP contribution in [0.25, 0.3) is 11.1 Å². The Balaban J connectivity index is 2.51. The van der Waals surface area contributed by atoms with Gasteiger partial charge in [-0.25, -0.2) is 4.39 Å². The number of rotatable bonds is 1. The van der Waals surface area contributed by atoms with Gasteiger partial charge in [0.25, 0.3) is 0 Å². The van der Waals surface area contributed by atoms with Gasteiger partial charge in [0.05, 0.1) is 5.56 Å². The minimum Gasteiger partial charge on any atom is -0.399 e. The third kappa shape index (κ3) is 2.61. The number of nitrogen functional groups attached to an aromatic ring is 1. The van der Waals surface area contributed by atoms with Crippen molar-refractivity contribution in [2.75, 3.05) is 5.73 Å². The Hall–Kier alpha value is -2.04. The van der Waals surface area contributed by atoms with Crippen molar-refractivity contribution in [1.29, 1.82) is 0 Å². The lowest BCUT2D eigenvalue weighted by atomic mass is 10.0. The van der Waals surface area contributed by atoms with E-state index in [0.717, 1.165) is 24.3 Å². The number of hydrogen-bond donors (Lipinski definition) is 1. The highest BCUT2D eigenvalue weighted by Gasteiger charge is 2.30. The lowest BCUT2D eigenvalue weighted by molar-refractivity contribution is -0.137. The van der Waals surface area contributed by atoms with Gasteiger partial charge in [-0.2, -0.15) is 13.2 Å². The predicted octanol–water partition coefficient (Wildman–Crippen LogP) is 4.09. The van der Waals surface area contributed by atoms with E-state index in [1.165, 1.54) is 18.2 Å². The number of nitrogens with two attached hydrogens (primary N) is 1. The molecule has 0 atom stereocenters. The van der Waals surface area contributed by atoms with Crippen LogP contribution >= 0.6 is 0 Å². The predicted molar refractivity (Wildman–Crippen MR) is 61.3 cm³/mol. The fraction of sp³-hybridized carbons (Fsp3) is 0.0769. The molecule has 0 aromatic heterocycles. The molecule has 0 aliphatic heterocycles. The molecule has 0 saturated carbocycles. The van der Waals surface area contributed by atoms with Crippen LogP contribution in [0.4, 0.5) is 23.2 Å². The van der Waals surface area contributed by atoms with Gasteiger partial charge in [-0.15, -0.1) is 0 Å². The van der Waals surface area contributed by atoms with Gasteiger partial charge < -0.3 is 5.73 Å². The first-order valence-electron chi connectivity index (χ1n) is 5.10. The molecule has 0 aliphatic carbocycles. The van der Waals surface area contributed by atoms with Crippen LogP contribution in [0.1, 0.15) is 5.56 Å². The van der Waals surface area contributed by atoms with Crippen LogP contribution in [0.15, 0.2) is 42.5 Å². The minimum atomic E-state index is -4.42. The van der Waals surface area contributed by atoms with E-state index in [9.17, 15) is 17.6 Å². The average Bonchev–Trinajstić information content (AvgIpc) is 2.27. The Morgan fingerprint density at radius 1 is 0.889 bits per heavy atom. The first-order chi connectivity index (χ1) is 8.36. The van der Waals surface area contributed by atoms with Crippen molar-refractivity contribution in [3.05, 3.63) is 53.8 Å². The molecule has 0 saturated heterocycles. The van der Waals surface area contributed by atoms with Crippen molar-refractivity contribution in [3.8, 4) is 11.1 Å². The second-order valence-corrected chi connectivity index (χ2v) is 3.85. The highest BCUT2D eigenvalue weighted by Crippen LogP contribution is 2.32. The van der Waals surface area contributed by atoms with Gasteiger partial charge in [0.1, 0.15) is 5.82 Å². The summed E-state index contributed by atoms with van der Waals surface area (Å²) in [6.45, 7) is 0. The third-order valence-electron chi connectivity index (χ3n) is 2.44. The summed E-state index contributed by atoms with van der Waals surface area (Å²) in [6.07, 6.45) is -4.42. The van der Waals surface area contributed by atoms with Gasteiger partial charge in [0.2, 0.25) is 0 Å². The van der Waals surface area contributed by atoms with Crippen molar-refractivity contribution in [3.63, 3.8) is 0 Å². The summed E-state index contributed by atoms with van der Waals surface area (Å²) in [7, 11) is 0. The van der Waals surface area contributed by atoms with Crippen LogP contribution in [0, 0.1) is 5.82 Å². The monoisotopic (exact) mass is 255 g/mol. The largest absolute Gasteiger partial charge is 0.416 e. The van der Waals surface area contributed by atoms with E-state index in [2.05, 4.69) is 0 Å². The van der Waals surface area contributed by atoms with Crippen molar-refractivity contribution in [1.82, 2.24) is 0 Å². The second-order valence-electron chi connectivity index (χ2n) is 3.85. The maximum Gasteiger partial charge on any atom is 0.416 e. The van der Waals surface area contributed by atoms with Gasteiger partial charge in [0.15, 0.2) is 0 Å². The standard InChI is InChI=1S/C13H9F4N/c14-11-5-9(6-12(18)7-11)8-2-1-3-10(4-8)13(15,16)17/h1-7H,18H2. The van der Waals surface area contributed by atoms with E-state index in [1.807, 2.05) is 0 Å². The molecule has 2 rings (SSSR count). The SMILES string of the molecule is Nc1cc(F)cc(-c2cccc(C(F)(F)F)c2)c1. The van der Waals surface area contributed by atoms with E-state index < -0.39 is 17.6 Å². The van der Waals surface area contributed by atoms with Gasteiger partial charge >= 0.3 is 6.18 Å². The first-order valence-corrected chi connectivity index (χ1v) is 5.10. The van der Waals surface area contributed by atoms with Crippen LogP contribution in [0.5, 0.6) is 0 Å². The molecule has 0 heterocycles. The molecular formula is C13H9F4N. The zero-order chi connectivity index (χ0) is 13.3. The summed E-state index contributed by atoms with van der Waals surface area (Å²) in [5.41, 5.74) is 5.44. The molecule has 0 aliphatic rings. The van der Waals surface area contributed by atoms with E-state index in [0.29, 0.717) is 5.56 Å². The lowest BCUT2D eigenvalue weighted by Crippen LogP contribution is -2.04. The molecule has 0 radical (unpaired) electrons. The van der Waals surface area contributed by atoms with Gasteiger partial charge in [-0.1, -0.05) is 12.1 Å². The molecule has 0 spiro atoms. The summed E-state index contributed by atoms with van der Waals surface area (Å²) in [4.78, 5) is 0. The Morgan fingerprint density at radius 2 is 1.61 bits per heavy atom. The molecule has 2 aromatic rings. The quantitative estimate of drug-likeness (QED) is 0.602. The Morgan fingerprint density at radius 3 is 2.22 bits per heavy atom. The maximum absolute atomic E-state index is 13.1. The van der Waals surface area contributed by atoms with Crippen molar-refractivity contribution >= 4 is 5.69 Å². The zero-order valence-corrected chi connectivity index (χ0v) is 9.13. The number of alkyl halides is 3. The molecule has 18 heavy (non-hydrogen) atoms. The summed E-state index contributed by atoms with van der Waals surface area (Å²) >= 11 is 0. The number of benzene rings is 2. The van der Waals surface area contributed by atoms with E-state index in [1.54, 1.807) is 0 Å². The fourth-order valence-electron chi connectivity index (χ4n) is 1.65. The number of hydrogen-bond acceptors (Lipinski definition) is 1. The topological polar surface area (TPSA) is 26.0 Å². The molecule has 94 valence electrons. The summed E-state index contributed by atoms with van der Waals surface area (Å²) in [5.74, 6) is -0.581. The summed E-state index contributed by atoms with van der Waals surface area (Å²) in [5, 5.41) is 0. The Labute approximate surface area is 101 Å². The lowest BCUT2D eigenvalue weighted by Gasteiger charge is -2.09. The molecule has 0 unspecified atom stereocenters. The van der Waals surface area contributed by atoms with E-state index in [-0.39, 0.29) is 11.3 Å². The van der Waals surface area contributed by atoms with E-state index >= 15 is 0 Å². The third-order valence-corrected chi connectivity index (χ3v) is 2.44. The molecule has 2 aromatic carbocycles. The van der Waals surface area contributed by atoms with Crippen molar-refractivity contribution in [2.24, 2.45) is 0 Å². The van der Waals surface area contributed by atoms with Crippen LogP contribution in [-0.2, 0) is 6.18 Å². The van der Waals surface area contributed by atoms with Gasteiger partial charge in [-0.05, 0) is 41.5 Å². The molecule has 5 heteroatoms. The molecule has 0 amide bonds. The highest BCUT2D eigenvalue weighted by molar-refractivity contribution is 5.68. The highest BCUT2D eigenvalue weighted by atomic mass is 19.4. The summed E-state index contributed by atoms with van der Waals surface area (Å²) in [6, 6.07) is 8.37. The maximum atomic E-state index is 13.1. The van der Waals surface area contributed by atoms with Crippen LogP contribution < -0.4 is 5.73 Å². The normalized spacial score (nSPS) is 11.6. The number of anilines is 1. The molecule has 2 N–H and O–H groups in total. The molecular weight excluding hydrogens is 246 g/mol. The smallest absolute Gasteiger partial charge is 0.399 e.